The van der Waals surface area contributed by atoms with Gasteiger partial charge in [0.05, 0.1) is 26.9 Å². The number of hydroxylamine groups is 1. The monoisotopic (exact) mass is 265 g/mol. The topological polar surface area (TPSA) is 39.7 Å². The van der Waals surface area contributed by atoms with E-state index < -0.39 is 11.7 Å². The Bertz CT molecular complexity index is 407. The van der Waals surface area contributed by atoms with Gasteiger partial charge in [-0.25, -0.2) is 0 Å². The van der Waals surface area contributed by atoms with Gasteiger partial charge in [-0.15, -0.1) is 0 Å². The van der Waals surface area contributed by atoms with Crippen LogP contribution >= 0.6 is 0 Å². The number of nitrogens with one attached hydrogen (secondary N) is 1. The van der Waals surface area contributed by atoms with Crippen LogP contribution in [0.5, 0.6) is 11.5 Å². The molecule has 0 aliphatic rings. The van der Waals surface area contributed by atoms with Crippen LogP contribution in [0.4, 0.5) is 13.2 Å². The summed E-state index contributed by atoms with van der Waals surface area (Å²) in [6, 6.07) is 2.18. The minimum absolute atomic E-state index is 0.0157. The molecule has 18 heavy (non-hydrogen) atoms. The minimum Gasteiger partial charge on any atom is -0.493 e. The number of methoxy groups -OCH3 is 2. The van der Waals surface area contributed by atoms with Crippen molar-refractivity contribution in [2.75, 3.05) is 21.3 Å². The molecule has 0 saturated heterocycles. The highest BCUT2D eigenvalue weighted by atomic mass is 19.4. The molecule has 0 aliphatic heterocycles. The lowest BCUT2D eigenvalue weighted by Gasteiger charge is -2.16. The number of ether oxygens (including phenoxy) is 2. The Morgan fingerprint density at radius 3 is 2.06 bits per heavy atom. The van der Waals surface area contributed by atoms with Crippen LogP contribution in [0.3, 0.4) is 0 Å². The summed E-state index contributed by atoms with van der Waals surface area (Å²) >= 11 is 0. The van der Waals surface area contributed by atoms with Crippen LogP contribution in [-0.2, 0) is 17.6 Å². The quantitative estimate of drug-likeness (QED) is 0.830. The van der Waals surface area contributed by atoms with E-state index in [0.29, 0.717) is 0 Å². The van der Waals surface area contributed by atoms with E-state index in [9.17, 15) is 13.2 Å². The van der Waals surface area contributed by atoms with Crippen molar-refractivity contribution in [3.8, 4) is 11.5 Å². The van der Waals surface area contributed by atoms with Gasteiger partial charge in [0.2, 0.25) is 0 Å². The first kappa shape index (κ1) is 14.6. The zero-order valence-electron chi connectivity index (χ0n) is 10.2. The zero-order valence-corrected chi connectivity index (χ0v) is 10.2. The average molecular weight is 265 g/mol. The van der Waals surface area contributed by atoms with Gasteiger partial charge in [0.15, 0.2) is 11.5 Å². The maximum Gasteiger partial charge on any atom is 0.416 e. The summed E-state index contributed by atoms with van der Waals surface area (Å²) in [5, 5.41) is 0. The molecule has 1 rings (SSSR count). The van der Waals surface area contributed by atoms with Crippen LogP contribution in [0.2, 0.25) is 0 Å². The fraction of sp³-hybridized carbons (Fsp3) is 0.455. The van der Waals surface area contributed by atoms with E-state index in [1.54, 1.807) is 0 Å². The molecule has 0 bridgehead atoms. The van der Waals surface area contributed by atoms with E-state index in [-0.39, 0.29) is 23.6 Å². The fourth-order valence-electron chi connectivity index (χ4n) is 1.48. The van der Waals surface area contributed by atoms with Crippen molar-refractivity contribution in [2.45, 2.75) is 12.7 Å². The van der Waals surface area contributed by atoms with E-state index in [0.717, 1.165) is 6.07 Å². The Labute approximate surface area is 103 Å². The van der Waals surface area contributed by atoms with E-state index in [1.165, 1.54) is 27.4 Å². The van der Waals surface area contributed by atoms with Crippen molar-refractivity contribution < 1.29 is 27.5 Å². The minimum atomic E-state index is -4.47. The first-order valence-electron chi connectivity index (χ1n) is 5.02. The molecule has 0 aromatic heterocycles. The van der Waals surface area contributed by atoms with Gasteiger partial charge in [0, 0.05) is 6.54 Å². The predicted molar refractivity (Wildman–Crippen MR) is 58.4 cm³/mol. The summed E-state index contributed by atoms with van der Waals surface area (Å²) < 4.78 is 48.4. The van der Waals surface area contributed by atoms with Gasteiger partial charge in [0.25, 0.3) is 0 Å². The molecule has 0 fully saturated rings. The van der Waals surface area contributed by atoms with Gasteiger partial charge in [0.1, 0.15) is 0 Å². The second kappa shape index (κ2) is 5.92. The van der Waals surface area contributed by atoms with E-state index in [2.05, 4.69) is 10.3 Å². The average Bonchev–Trinajstić information content (AvgIpc) is 2.33. The molecule has 102 valence electrons. The van der Waals surface area contributed by atoms with Gasteiger partial charge in [-0.1, -0.05) is 0 Å². The molecule has 4 nitrogen and oxygen atoms in total. The van der Waals surface area contributed by atoms with Crippen molar-refractivity contribution >= 4 is 0 Å². The van der Waals surface area contributed by atoms with Crippen LogP contribution < -0.4 is 15.0 Å². The Balaban J connectivity index is 3.27. The van der Waals surface area contributed by atoms with Crippen molar-refractivity contribution in [1.82, 2.24) is 5.48 Å². The van der Waals surface area contributed by atoms with Crippen LogP contribution in [0.1, 0.15) is 11.1 Å². The lowest BCUT2D eigenvalue weighted by Crippen LogP contribution is -2.17. The third-order valence-corrected chi connectivity index (χ3v) is 2.32. The first-order valence-corrected chi connectivity index (χ1v) is 5.02. The second-order valence-corrected chi connectivity index (χ2v) is 3.39. The van der Waals surface area contributed by atoms with Gasteiger partial charge < -0.3 is 14.3 Å². The summed E-state index contributed by atoms with van der Waals surface area (Å²) in [6.07, 6.45) is -4.47. The fourth-order valence-corrected chi connectivity index (χ4v) is 1.48. The third kappa shape index (κ3) is 3.27. The molecule has 0 radical (unpaired) electrons. The van der Waals surface area contributed by atoms with Crippen molar-refractivity contribution in [3.63, 3.8) is 0 Å². The Morgan fingerprint density at radius 1 is 1.06 bits per heavy atom. The Morgan fingerprint density at radius 2 is 1.61 bits per heavy atom. The molecule has 0 aliphatic carbocycles. The lowest BCUT2D eigenvalue weighted by molar-refractivity contribution is -0.138. The maximum absolute atomic E-state index is 12.9. The summed E-state index contributed by atoms with van der Waals surface area (Å²) in [5.41, 5.74) is 1.60. The number of halogens is 3. The SMILES string of the molecule is CONCc1cc(OC)c(OC)cc1C(F)(F)F. The molecule has 0 saturated carbocycles. The second-order valence-electron chi connectivity index (χ2n) is 3.39. The highest BCUT2D eigenvalue weighted by Crippen LogP contribution is 2.39. The number of hydrogen-bond acceptors (Lipinski definition) is 4. The number of benzene rings is 1. The van der Waals surface area contributed by atoms with Crippen molar-refractivity contribution in [3.05, 3.63) is 23.3 Å². The van der Waals surface area contributed by atoms with Gasteiger partial charge in [-0.05, 0) is 17.7 Å². The normalized spacial score (nSPS) is 11.4. The Hall–Kier alpha value is -1.47. The van der Waals surface area contributed by atoms with Gasteiger partial charge in [-0.2, -0.15) is 18.7 Å². The maximum atomic E-state index is 12.9. The summed E-state index contributed by atoms with van der Waals surface area (Å²) in [5.74, 6) is 0.268. The van der Waals surface area contributed by atoms with Crippen molar-refractivity contribution in [2.24, 2.45) is 0 Å². The van der Waals surface area contributed by atoms with Crippen molar-refractivity contribution in [1.29, 1.82) is 0 Å². The predicted octanol–water partition coefficient (Wildman–Crippen LogP) is 2.37. The molecule has 0 unspecified atom stereocenters. The molecule has 1 aromatic rings. The van der Waals surface area contributed by atoms with Crippen LogP contribution in [-0.4, -0.2) is 21.3 Å². The first-order chi connectivity index (χ1) is 8.43. The largest absolute Gasteiger partial charge is 0.493 e. The molecular formula is C11H14F3NO3. The summed E-state index contributed by atoms with van der Waals surface area (Å²) in [4.78, 5) is 4.55. The van der Waals surface area contributed by atoms with E-state index in [4.69, 9.17) is 9.47 Å². The smallest absolute Gasteiger partial charge is 0.416 e. The van der Waals surface area contributed by atoms with Crippen LogP contribution in [0, 0.1) is 0 Å². The van der Waals surface area contributed by atoms with Crippen LogP contribution in [0.15, 0.2) is 12.1 Å². The number of alkyl halides is 3. The van der Waals surface area contributed by atoms with Crippen LogP contribution in [0.25, 0.3) is 0 Å². The van der Waals surface area contributed by atoms with E-state index in [1.807, 2.05) is 0 Å². The summed E-state index contributed by atoms with van der Waals surface area (Å²) in [7, 11) is 3.97. The molecule has 0 spiro atoms. The van der Waals surface area contributed by atoms with Gasteiger partial charge >= 0.3 is 6.18 Å². The summed E-state index contributed by atoms with van der Waals surface area (Å²) in [6.45, 7) is -0.0916. The molecule has 7 heteroatoms. The number of hydrogen-bond donors (Lipinski definition) is 1. The number of rotatable bonds is 5. The molecule has 0 amide bonds. The zero-order chi connectivity index (χ0) is 13.8. The molecule has 0 atom stereocenters. The van der Waals surface area contributed by atoms with E-state index >= 15 is 0 Å². The van der Waals surface area contributed by atoms with Gasteiger partial charge in [-0.3, -0.25) is 0 Å². The highest BCUT2D eigenvalue weighted by Gasteiger charge is 2.34. The lowest BCUT2D eigenvalue weighted by atomic mass is 10.1. The standard InChI is InChI=1S/C11H14F3NO3/c1-16-9-4-7(6-15-18-3)8(11(12,13)14)5-10(9)17-2/h4-5,15H,6H2,1-3H3. The molecule has 1 N–H and O–H groups in total. The third-order valence-electron chi connectivity index (χ3n) is 2.32. The Kier molecular flexibility index (Phi) is 4.80. The molecular weight excluding hydrogens is 251 g/mol. The highest BCUT2D eigenvalue weighted by molar-refractivity contribution is 5.48. The molecule has 0 heterocycles. The molecule has 1 aromatic carbocycles.